The molecule has 0 atom stereocenters. The van der Waals surface area contributed by atoms with E-state index in [0.717, 1.165) is 18.3 Å². The van der Waals surface area contributed by atoms with Crippen molar-refractivity contribution in [2.75, 3.05) is 5.32 Å². The van der Waals surface area contributed by atoms with Crippen LogP contribution in [0.25, 0.3) is 21.8 Å². The smallest absolute Gasteiger partial charge is 0.418 e. The van der Waals surface area contributed by atoms with Crippen LogP contribution in [0.4, 0.5) is 18.9 Å². The summed E-state index contributed by atoms with van der Waals surface area (Å²) in [5.41, 5.74) is -2.04. The lowest BCUT2D eigenvalue weighted by atomic mass is 10.1. The number of phenols is 1. The average molecular weight is 387 g/mol. The van der Waals surface area contributed by atoms with Gasteiger partial charge in [0.2, 0.25) is 5.43 Å². The molecule has 0 radical (unpaired) electrons. The Morgan fingerprint density at radius 1 is 1.07 bits per heavy atom. The first-order valence-electron chi connectivity index (χ1n) is 8.09. The number of aromatic nitrogens is 2. The molecule has 0 spiro atoms. The first-order chi connectivity index (χ1) is 13.3. The Kier molecular flexibility index (Phi) is 3.88. The maximum atomic E-state index is 13.4. The Labute approximate surface area is 154 Å². The molecule has 4 N–H and O–H groups in total. The van der Waals surface area contributed by atoms with E-state index in [9.17, 15) is 27.9 Å². The maximum Gasteiger partial charge on any atom is 0.418 e. The fourth-order valence-corrected chi connectivity index (χ4v) is 3.05. The highest BCUT2D eigenvalue weighted by Crippen LogP contribution is 2.37. The quantitative estimate of drug-likeness (QED) is 0.419. The topological polar surface area (TPSA) is 98.0 Å². The van der Waals surface area contributed by atoms with Crippen molar-refractivity contribution in [3.8, 4) is 5.75 Å². The second-order valence-corrected chi connectivity index (χ2v) is 6.15. The monoisotopic (exact) mass is 387 g/mol. The van der Waals surface area contributed by atoms with Gasteiger partial charge in [0.15, 0.2) is 0 Å². The van der Waals surface area contributed by atoms with Gasteiger partial charge in [-0.25, -0.2) is 0 Å². The number of hydrogen-bond donors (Lipinski definition) is 4. The second-order valence-electron chi connectivity index (χ2n) is 6.15. The first kappa shape index (κ1) is 17.7. The molecule has 4 aromatic rings. The number of fused-ring (bicyclic) bond motifs is 2. The minimum absolute atomic E-state index is 0.119. The van der Waals surface area contributed by atoms with E-state index in [0.29, 0.717) is 16.4 Å². The SMILES string of the molecule is O=C(Nc1cc2[nH]ccc2cc1C(F)(F)F)c1c[nH]c2cccc(O)c2c1=O. The van der Waals surface area contributed by atoms with Crippen LogP contribution in [0.2, 0.25) is 0 Å². The number of hydrogen-bond acceptors (Lipinski definition) is 3. The van der Waals surface area contributed by atoms with Gasteiger partial charge in [-0.15, -0.1) is 0 Å². The molecule has 0 unspecified atom stereocenters. The molecule has 2 heterocycles. The van der Waals surface area contributed by atoms with Crippen LogP contribution in [0.3, 0.4) is 0 Å². The number of carbonyl (C=O) groups is 1. The van der Waals surface area contributed by atoms with Gasteiger partial charge in [-0.05, 0) is 30.3 Å². The molecular formula is C19H12F3N3O3. The third-order valence-electron chi connectivity index (χ3n) is 4.38. The molecule has 1 amide bonds. The first-order valence-corrected chi connectivity index (χ1v) is 8.09. The lowest BCUT2D eigenvalue weighted by molar-refractivity contribution is -0.136. The Morgan fingerprint density at radius 3 is 2.61 bits per heavy atom. The molecule has 0 fully saturated rings. The lowest BCUT2D eigenvalue weighted by Gasteiger charge is -2.14. The number of aromatic hydroxyl groups is 1. The zero-order valence-corrected chi connectivity index (χ0v) is 14.0. The zero-order chi connectivity index (χ0) is 20.1. The van der Waals surface area contributed by atoms with Gasteiger partial charge < -0.3 is 20.4 Å². The summed E-state index contributed by atoms with van der Waals surface area (Å²) in [5, 5.41) is 12.3. The van der Waals surface area contributed by atoms with Gasteiger partial charge >= 0.3 is 6.18 Å². The number of amides is 1. The molecule has 0 aliphatic heterocycles. The molecule has 6 nitrogen and oxygen atoms in total. The standard InChI is InChI=1S/C19H12F3N3O3/c20-19(21,22)11-6-9-4-5-23-13(9)7-14(11)25-18(28)10-8-24-12-2-1-3-15(26)16(12)17(10)27/h1-8,23,26H,(H,24,27)(H,25,28). The van der Waals surface area contributed by atoms with E-state index in [2.05, 4.69) is 15.3 Å². The predicted molar refractivity (Wildman–Crippen MR) is 97.5 cm³/mol. The number of rotatable bonds is 2. The lowest BCUT2D eigenvalue weighted by Crippen LogP contribution is -2.23. The minimum Gasteiger partial charge on any atom is -0.507 e. The summed E-state index contributed by atoms with van der Waals surface area (Å²) in [6.07, 6.45) is -2.13. The fourth-order valence-electron chi connectivity index (χ4n) is 3.05. The van der Waals surface area contributed by atoms with Gasteiger partial charge in [0.1, 0.15) is 11.3 Å². The van der Waals surface area contributed by atoms with Crippen LogP contribution < -0.4 is 10.7 Å². The highest BCUT2D eigenvalue weighted by Gasteiger charge is 2.34. The van der Waals surface area contributed by atoms with Crippen molar-refractivity contribution >= 4 is 33.4 Å². The van der Waals surface area contributed by atoms with Crippen molar-refractivity contribution in [3.63, 3.8) is 0 Å². The van der Waals surface area contributed by atoms with Crippen LogP contribution in [0, 0.1) is 0 Å². The molecule has 0 saturated heterocycles. The molecule has 0 saturated carbocycles. The highest BCUT2D eigenvalue weighted by atomic mass is 19.4. The molecular weight excluding hydrogens is 375 g/mol. The summed E-state index contributed by atoms with van der Waals surface area (Å²) < 4.78 is 40.2. The van der Waals surface area contributed by atoms with E-state index >= 15 is 0 Å². The minimum atomic E-state index is -4.71. The summed E-state index contributed by atoms with van der Waals surface area (Å²) in [5.74, 6) is -1.36. The number of nitrogens with one attached hydrogen (secondary N) is 3. The van der Waals surface area contributed by atoms with E-state index < -0.39 is 34.3 Å². The molecule has 9 heteroatoms. The molecule has 0 aliphatic rings. The van der Waals surface area contributed by atoms with Crippen LogP contribution in [0.5, 0.6) is 5.75 Å². The summed E-state index contributed by atoms with van der Waals surface area (Å²) in [6, 6.07) is 7.86. The molecule has 0 aliphatic carbocycles. The third kappa shape index (κ3) is 2.86. The Balaban J connectivity index is 1.81. The van der Waals surface area contributed by atoms with E-state index in [1.807, 2.05) is 0 Å². The third-order valence-corrected chi connectivity index (χ3v) is 4.38. The second kappa shape index (κ2) is 6.15. The van der Waals surface area contributed by atoms with Gasteiger partial charge in [0.25, 0.3) is 5.91 Å². The number of halogens is 3. The maximum absolute atomic E-state index is 13.4. The summed E-state index contributed by atoms with van der Waals surface area (Å²) in [4.78, 5) is 30.6. The molecule has 0 bridgehead atoms. The number of aromatic amines is 2. The van der Waals surface area contributed by atoms with Gasteiger partial charge in [0, 0.05) is 23.3 Å². The number of H-pyrrole nitrogens is 2. The van der Waals surface area contributed by atoms with Crippen molar-refractivity contribution < 1.29 is 23.1 Å². The number of carbonyl (C=O) groups excluding carboxylic acids is 1. The van der Waals surface area contributed by atoms with Gasteiger partial charge in [-0.1, -0.05) is 6.07 Å². The average Bonchev–Trinajstić information content (AvgIpc) is 3.08. The van der Waals surface area contributed by atoms with E-state index in [1.165, 1.54) is 30.5 Å². The van der Waals surface area contributed by atoms with Crippen LogP contribution in [-0.2, 0) is 6.18 Å². The molecule has 2 aromatic heterocycles. The Morgan fingerprint density at radius 2 is 1.86 bits per heavy atom. The number of anilines is 1. The summed E-state index contributed by atoms with van der Waals surface area (Å²) in [7, 11) is 0. The van der Waals surface area contributed by atoms with Crippen LogP contribution in [0.15, 0.2) is 53.6 Å². The number of alkyl halides is 3. The van der Waals surface area contributed by atoms with E-state index in [4.69, 9.17) is 0 Å². The number of pyridine rings is 1. The normalized spacial score (nSPS) is 11.8. The van der Waals surface area contributed by atoms with E-state index in [1.54, 1.807) is 0 Å². The Bertz CT molecular complexity index is 1290. The van der Waals surface area contributed by atoms with Crippen molar-refractivity contribution in [2.24, 2.45) is 0 Å². The van der Waals surface area contributed by atoms with Crippen molar-refractivity contribution in [1.29, 1.82) is 0 Å². The van der Waals surface area contributed by atoms with Crippen LogP contribution in [-0.4, -0.2) is 21.0 Å². The molecule has 2 aromatic carbocycles. The number of benzene rings is 2. The fraction of sp³-hybridized carbons (Fsp3) is 0.0526. The molecule has 4 rings (SSSR count). The van der Waals surface area contributed by atoms with Crippen molar-refractivity contribution in [1.82, 2.24) is 9.97 Å². The molecule has 28 heavy (non-hydrogen) atoms. The van der Waals surface area contributed by atoms with Crippen molar-refractivity contribution in [2.45, 2.75) is 6.18 Å². The zero-order valence-electron chi connectivity index (χ0n) is 14.0. The van der Waals surface area contributed by atoms with Gasteiger partial charge in [0.05, 0.1) is 22.2 Å². The van der Waals surface area contributed by atoms with Gasteiger partial charge in [-0.3, -0.25) is 9.59 Å². The van der Waals surface area contributed by atoms with E-state index in [-0.39, 0.29) is 11.1 Å². The largest absolute Gasteiger partial charge is 0.507 e. The number of phenolic OH excluding ortho intramolecular Hbond substituents is 1. The van der Waals surface area contributed by atoms with Crippen LogP contribution in [0.1, 0.15) is 15.9 Å². The summed E-state index contributed by atoms with van der Waals surface area (Å²) in [6.45, 7) is 0. The Hall–Kier alpha value is -3.75. The summed E-state index contributed by atoms with van der Waals surface area (Å²) >= 11 is 0. The molecule has 142 valence electrons. The highest BCUT2D eigenvalue weighted by molar-refractivity contribution is 6.07. The van der Waals surface area contributed by atoms with Crippen molar-refractivity contribution in [3.05, 3.63) is 70.1 Å². The predicted octanol–water partition coefficient (Wildman–Crippen LogP) is 3.99. The van der Waals surface area contributed by atoms with Crippen LogP contribution >= 0.6 is 0 Å². The van der Waals surface area contributed by atoms with Gasteiger partial charge in [-0.2, -0.15) is 13.2 Å².